The molecule has 0 aromatic carbocycles. The second-order valence-corrected chi connectivity index (χ2v) is 7.67. The van der Waals surface area contributed by atoms with Crippen molar-refractivity contribution in [1.82, 2.24) is 20.4 Å². The summed E-state index contributed by atoms with van der Waals surface area (Å²) in [5.41, 5.74) is 3.57. The van der Waals surface area contributed by atoms with Crippen LogP contribution in [0.15, 0.2) is 4.99 Å². The molecule has 2 rings (SSSR count). The van der Waals surface area contributed by atoms with Crippen molar-refractivity contribution in [3.8, 4) is 0 Å². The topological polar surface area (TPSA) is 74.5 Å². The third kappa shape index (κ3) is 4.78. The highest BCUT2D eigenvalue weighted by Gasteiger charge is 2.35. The fourth-order valence-electron chi connectivity index (χ4n) is 3.95. The summed E-state index contributed by atoms with van der Waals surface area (Å²) in [5, 5.41) is 21.8. The van der Waals surface area contributed by atoms with Crippen LogP contribution in [0.5, 0.6) is 0 Å². The quantitative estimate of drug-likeness (QED) is 0.514. The Kier molecular flexibility index (Phi) is 7.50. The van der Waals surface area contributed by atoms with E-state index in [9.17, 15) is 5.11 Å². The summed E-state index contributed by atoms with van der Waals surface area (Å²) in [5.74, 6) is 0.819. The Hall–Kier alpha value is -1.56. The molecule has 0 spiro atoms. The standard InChI is InChI=1S/C20H37N5O/c1-6-16-15(17(7-2)25(5)24-16)13-22-19(21-8-3)23-14-20(4)12-10-9-11-18(20)26/h18,26H,6-14H2,1-5H3,(H2,21,22,23). The van der Waals surface area contributed by atoms with Gasteiger partial charge in [-0.1, -0.05) is 33.6 Å². The highest BCUT2D eigenvalue weighted by Crippen LogP contribution is 2.35. The summed E-state index contributed by atoms with van der Waals surface area (Å²) in [6.07, 6.45) is 5.94. The molecule has 3 N–H and O–H groups in total. The SMILES string of the molecule is CCNC(=NCc1c(CC)nn(C)c1CC)NCC1(C)CCCCC1O. The number of aliphatic hydroxyl groups is 1. The summed E-state index contributed by atoms with van der Waals surface area (Å²) in [6, 6.07) is 0. The second kappa shape index (κ2) is 9.40. The summed E-state index contributed by atoms with van der Waals surface area (Å²) in [7, 11) is 2.01. The van der Waals surface area contributed by atoms with Crippen molar-refractivity contribution in [2.45, 2.75) is 78.9 Å². The molecule has 1 aliphatic rings. The molecule has 2 unspecified atom stereocenters. The second-order valence-electron chi connectivity index (χ2n) is 7.67. The van der Waals surface area contributed by atoms with Gasteiger partial charge in [-0.25, -0.2) is 4.99 Å². The van der Waals surface area contributed by atoms with E-state index in [-0.39, 0.29) is 11.5 Å². The van der Waals surface area contributed by atoms with Crippen LogP contribution in [-0.4, -0.2) is 40.0 Å². The molecule has 1 aromatic rings. The van der Waals surface area contributed by atoms with Gasteiger partial charge < -0.3 is 15.7 Å². The predicted octanol–water partition coefficient (Wildman–Crippen LogP) is 2.54. The minimum Gasteiger partial charge on any atom is -0.392 e. The third-order valence-corrected chi connectivity index (χ3v) is 5.71. The van der Waals surface area contributed by atoms with Crippen molar-refractivity contribution in [3.05, 3.63) is 17.0 Å². The maximum absolute atomic E-state index is 10.4. The number of aliphatic imine (C=N–C) groups is 1. The first kappa shape index (κ1) is 20.7. The normalized spacial score (nSPS) is 23.9. The van der Waals surface area contributed by atoms with Gasteiger partial charge in [-0.05, 0) is 32.6 Å². The van der Waals surface area contributed by atoms with Gasteiger partial charge in [0.15, 0.2) is 5.96 Å². The van der Waals surface area contributed by atoms with Crippen LogP contribution >= 0.6 is 0 Å². The van der Waals surface area contributed by atoms with Crippen molar-refractivity contribution in [2.75, 3.05) is 13.1 Å². The summed E-state index contributed by atoms with van der Waals surface area (Å²) < 4.78 is 1.99. The van der Waals surface area contributed by atoms with Crippen molar-refractivity contribution >= 4 is 5.96 Å². The van der Waals surface area contributed by atoms with Gasteiger partial charge in [-0.15, -0.1) is 0 Å². The molecular formula is C20H37N5O. The van der Waals surface area contributed by atoms with E-state index in [1.807, 2.05) is 11.7 Å². The molecule has 6 nitrogen and oxygen atoms in total. The largest absolute Gasteiger partial charge is 0.392 e. The lowest BCUT2D eigenvalue weighted by Gasteiger charge is -2.38. The Morgan fingerprint density at radius 2 is 2.04 bits per heavy atom. The highest BCUT2D eigenvalue weighted by atomic mass is 16.3. The van der Waals surface area contributed by atoms with Gasteiger partial charge in [0.05, 0.1) is 18.3 Å². The number of nitrogens with one attached hydrogen (secondary N) is 2. The summed E-state index contributed by atoms with van der Waals surface area (Å²) >= 11 is 0. The molecule has 0 saturated heterocycles. The minimum absolute atomic E-state index is 0.0775. The Labute approximate surface area is 158 Å². The average molecular weight is 364 g/mol. The zero-order valence-electron chi connectivity index (χ0n) is 17.2. The molecule has 0 radical (unpaired) electrons. The van der Waals surface area contributed by atoms with Gasteiger partial charge in [-0.2, -0.15) is 5.10 Å². The molecule has 1 aromatic heterocycles. The lowest BCUT2D eigenvalue weighted by Crippen LogP contribution is -2.48. The first-order chi connectivity index (χ1) is 12.4. The molecule has 26 heavy (non-hydrogen) atoms. The van der Waals surface area contributed by atoms with Gasteiger partial charge in [-0.3, -0.25) is 4.68 Å². The van der Waals surface area contributed by atoms with E-state index < -0.39 is 0 Å². The molecule has 6 heteroatoms. The number of aromatic nitrogens is 2. The summed E-state index contributed by atoms with van der Waals surface area (Å²) in [4.78, 5) is 4.81. The molecule has 1 aliphatic carbocycles. The Bertz CT molecular complexity index is 610. The van der Waals surface area contributed by atoms with Crippen molar-refractivity contribution < 1.29 is 5.11 Å². The first-order valence-electron chi connectivity index (χ1n) is 10.2. The third-order valence-electron chi connectivity index (χ3n) is 5.71. The van der Waals surface area contributed by atoms with Gasteiger partial charge in [0, 0.05) is 36.8 Å². The van der Waals surface area contributed by atoms with Crippen LogP contribution in [0.3, 0.4) is 0 Å². The van der Waals surface area contributed by atoms with Crippen LogP contribution in [0, 0.1) is 5.41 Å². The predicted molar refractivity (Wildman–Crippen MR) is 107 cm³/mol. The van der Waals surface area contributed by atoms with Gasteiger partial charge in [0.2, 0.25) is 0 Å². The maximum atomic E-state index is 10.4. The molecule has 1 heterocycles. The lowest BCUT2D eigenvalue weighted by atomic mass is 9.73. The fraction of sp³-hybridized carbons (Fsp3) is 0.800. The van der Waals surface area contributed by atoms with Gasteiger partial charge >= 0.3 is 0 Å². The first-order valence-corrected chi connectivity index (χ1v) is 10.2. The zero-order valence-corrected chi connectivity index (χ0v) is 17.2. The minimum atomic E-state index is -0.233. The van der Waals surface area contributed by atoms with Crippen molar-refractivity contribution in [3.63, 3.8) is 0 Å². The monoisotopic (exact) mass is 363 g/mol. The fourth-order valence-corrected chi connectivity index (χ4v) is 3.95. The summed E-state index contributed by atoms with van der Waals surface area (Å²) in [6.45, 7) is 10.8. The molecule has 0 aliphatic heterocycles. The molecule has 2 atom stereocenters. The van der Waals surface area contributed by atoms with Crippen molar-refractivity contribution in [2.24, 2.45) is 17.5 Å². The maximum Gasteiger partial charge on any atom is 0.191 e. The molecule has 0 amide bonds. The lowest BCUT2D eigenvalue weighted by molar-refractivity contribution is 0.00397. The van der Waals surface area contributed by atoms with E-state index in [1.165, 1.54) is 17.7 Å². The number of aliphatic hydroxyl groups excluding tert-OH is 1. The molecule has 0 bridgehead atoms. The van der Waals surface area contributed by atoms with E-state index in [2.05, 4.69) is 43.4 Å². The number of aryl methyl sites for hydroxylation is 2. The van der Waals surface area contributed by atoms with E-state index >= 15 is 0 Å². The van der Waals surface area contributed by atoms with E-state index in [0.717, 1.165) is 56.8 Å². The number of guanidine groups is 1. The van der Waals surface area contributed by atoms with Crippen LogP contribution in [-0.2, 0) is 26.4 Å². The number of hydrogen-bond donors (Lipinski definition) is 3. The van der Waals surface area contributed by atoms with Gasteiger partial charge in [0.25, 0.3) is 0 Å². The van der Waals surface area contributed by atoms with Gasteiger partial charge in [0.1, 0.15) is 0 Å². The van der Waals surface area contributed by atoms with Crippen LogP contribution < -0.4 is 10.6 Å². The highest BCUT2D eigenvalue weighted by molar-refractivity contribution is 5.79. The number of nitrogens with zero attached hydrogens (tertiary/aromatic N) is 3. The van der Waals surface area contributed by atoms with Crippen LogP contribution in [0.25, 0.3) is 0 Å². The van der Waals surface area contributed by atoms with Crippen LogP contribution in [0.2, 0.25) is 0 Å². The van der Waals surface area contributed by atoms with E-state index in [0.29, 0.717) is 6.54 Å². The van der Waals surface area contributed by atoms with E-state index in [4.69, 9.17) is 4.99 Å². The Morgan fingerprint density at radius 3 is 2.65 bits per heavy atom. The molecule has 1 fully saturated rings. The van der Waals surface area contributed by atoms with Crippen LogP contribution in [0.4, 0.5) is 0 Å². The molecule has 1 saturated carbocycles. The van der Waals surface area contributed by atoms with Crippen molar-refractivity contribution in [1.29, 1.82) is 0 Å². The zero-order chi connectivity index (χ0) is 19.2. The number of rotatable bonds is 7. The Morgan fingerprint density at radius 1 is 1.27 bits per heavy atom. The average Bonchev–Trinajstić information content (AvgIpc) is 2.94. The molecule has 148 valence electrons. The van der Waals surface area contributed by atoms with Crippen LogP contribution in [0.1, 0.15) is 70.3 Å². The molecular weight excluding hydrogens is 326 g/mol. The smallest absolute Gasteiger partial charge is 0.191 e. The Balaban J connectivity index is 2.09. The van der Waals surface area contributed by atoms with E-state index in [1.54, 1.807) is 0 Å². The number of hydrogen-bond acceptors (Lipinski definition) is 3.